The SMILES string of the molecule is CCCC1CCC(n2nnnc2C(C)N)CC1. The van der Waals surface area contributed by atoms with Gasteiger partial charge in [0.15, 0.2) is 5.82 Å². The van der Waals surface area contributed by atoms with Crippen LogP contribution in [0.15, 0.2) is 0 Å². The highest BCUT2D eigenvalue weighted by Gasteiger charge is 2.25. The van der Waals surface area contributed by atoms with E-state index in [1.165, 1.54) is 38.5 Å². The summed E-state index contributed by atoms with van der Waals surface area (Å²) in [5.74, 6) is 1.73. The van der Waals surface area contributed by atoms with Gasteiger partial charge >= 0.3 is 0 Å². The molecule has 1 aromatic rings. The van der Waals surface area contributed by atoms with Crippen molar-refractivity contribution >= 4 is 0 Å². The Morgan fingerprint density at radius 1 is 1.35 bits per heavy atom. The number of aromatic nitrogens is 4. The molecule has 1 aliphatic carbocycles. The molecule has 17 heavy (non-hydrogen) atoms. The van der Waals surface area contributed by atoms with Gasteiger partial charge in [0.05, 0.1) is 12.1 Å². The Bertz CT molecular complexity index is 338. The molecule has 1 fully saturated rings. The van der Waals surface area contributed by atoms with Crippen molar-refractivity contribution in [1.82, 2.24) is 20.2 Å². The average molecular weight is 237 g/mol. The summed E-state index contributed by atoms with van der Waals surface area (Å²) in [6.07, 6.45) is 7.64. The predicted molar refractivity (Wildman–Crippen MR) is 66.3 cm³/mol. The summed E-state index contributed by atoms with van der Waals surface area (Å²) in [6, 6.07) is 0.373. The highest BCUT2D eigenvalue weighted by molar-refractivity contribution is 4.91. The molecule has 0 amide bonds. The molecule has 96 valence electrons. The van der Waals surface area contributed by atoms with Crippen LogP contribution in [0.2, 0.25) is 0 Å². The fourth-order valence-corrected chi connectivity index (χ4v) is 2.85. The first kappa shape index (κ1) is 12.5. The van der Waals surface area contributed by atoms with Crippen LogP contribution in [-0.4, -0.2) is 20.2 Å². The first-order chi connectivity index (χ1) is 8.22. The van der Waals surface area contributed by atoms with Gasteiger partial charge in [0.2, 0.25) is 0 Å². The number of hydrogen-bond acceptors (Lipinski definition) is 4. The second kappa shape index (κ2) is 5.58. The van der Waals surface area contributed by atoms with Crippen LogP contribution in [0.5, 0.6) is 0 Å². The van der Waals surface area contributed by atoms with E-state index in [0.29, 0.717) is 6.04 Å². The molecular formula is C12H23N5. The van der Waals surface area contributed by atoms with Gasteiger partial charge in [-0.25, -0.2) is 4.68 Å². The quantitative estimate of drug-likeness (QED) is 0.871. The molecule has 0 radical (unpaired) electrons. The minimum atomic E-state index is -0.0848. The van der Waals surface area contributed by atoms with E-state index in [-0.39, 0.29) is 6.04 Å². The second-order valence-corrected chi connectivity index (χ2v) is 5.23. The van der Waals surface area contributed by atoms with E-state index in [0.717, 1.165) is 11.7 Å². The van der Waals surface area contributed by atoms with E-state index < -0.39 is 0 Å². The van der Waals surface area contributed by atoms with Crippen molar-refractivity contribution in [2.45, 2.75) is 64.5 Å². The zero-order valence-electron chi connectivity index (χ0n) is 10.8. The summed E-state index contributed by atoms with van der Waals surface area (Å²) in [4.78, 5) is 0. The zero-order chi connectivity index (χ0) is 12.3. The Kier molecular flexibility index (Phi) is 4.10. The molecule has 1 aliphatic rings. The number of nitrogens with zero attached hydrogens (tertiary/aromatic N) is 4. The lowest BCUT2D eigenvalue weighted by Gasteiger charge is -2.28. The van der Waals surface area contributed by atoms with Crippen molar-refractivity contribution in [2.24, 2.45) is 11.7 Å². The molecule has 1 aromatic heterocycles. The van der Waals surface area contributed by atoms with Crippen LogP contribution in [0.25, 0.3) is 0 Å². The van der Waals surface area contributed by atoms with E-state index in [2.05, 4.69) is 22.4 Å². The molecule has 2 N–H and O–H groups in total. The molecule has 1 unspecified atom stereocenters. The summed E-state index contributed by atoms with van der Waals surface area (Å²) >= 11 is 0. The Labute approximate surface area is 103 Å². The maximum Gasteiger partial charge on any atom is 0.167 e. The first-order valence-corrected chi connectivity index (χ1v) is 6.75. The highest BCUT2D eigenvalue weighted by Crippen LogP contribution is 2.34. The van der Waals surface area contributed by atoms with Gasteiger partial charge in [-0.05, 0) is 49.0 Å². The van der Waals surface area contributed by atoms with Gasteiger partial charge < -0.3 is 5.73 Å². The normalized spacial score (nSPS) is 27.0. The number of rotatable bonds is 4. The van der Waals surface area contributed by atoms with Crippen LogP contribution in [-0.2, 0) is 0 Å². The van der Waals surface area contributed by atoms with Crippen molar-refractivity contribution in [3.05, 3.63) is 5.82 Å². The third kappa shape index (κ3) is 2.83. The lowest BCUT2D eigenvalue weighted by Crippen LogP contribution is -2.23. The zero-order valence-corrected chi connectivity index (χ0v) is 10.8. The first-order valence-electron chi connectivity index (χ1n) is 6.75. The Hall–Kier alpha value is -0.970. The minimum absolute atomic E-state index is 0.0848. The van der Waals surface area contributed by atoms with Crippen molar-refractivity contribution in [2.75, 3.05) is 0 Å². The van der Waals surface area contributed by atoms with Crippen LogP contribution in [0.1, 0.15) is 70.3 Å². The largest absolute Gasteiger partial charge is 0.322 e. The van der Waals surface area contributed by atoms with E-state index >= 15 is 0 Å². The molecule has 0 aliphatic heterocycles. The summed E-state index contributed by atoms with van der Waals surface area (Å²) in [5, 5.41) is 11.9. The third-order valence-corrected chi connectivity index (χ3v) is 3.78. The summed E-state index contributed by atoms with van der Waals surface area (Å²) in [7, 11) is 0. The molecule has 1 atom stereocenters. The molecular weight excluding hydrogens is 214 g/mol. The van der Waals surface area contributed by atoms with Crippen molar-refractivity contribution in [3.8, 4) is 0 Å². The molecule has 2 rings (SSSR count). The van der Waals surface area contributed by atoms with Gasteiger partial charge in [0, 0.05) is 0 Å². The van der Waals surface area contributed by atoms with Crippen LogP contribution in [0, 0.1) is 5.92 Å². The number of nitrogens with two attached hydrogens (primary N) is 1. The molecule has 5 nitrogen and oxygen atoms in total. The lowest BCUT2D eigenvalue weighted by molar-refractivity contribution is 0.242. The topological polar surface area (TPSA) is 69.6 Å². The number of hydrogen-bond donors (Lipinski definition) is 1. The monoisotopic (exact) mass is 237 g/mol. The molecule has 1 heterocycles. The molecule has 0 bridgehead atoms. The van der Waals surface area contributed by atoms with Crippen molar-refractivity contribution in [1.29, 1.82) is 0 Å². The average Bonchev–Trinajstić information content (AvgIpc) is 2.79. The molecule has 5 heteroatoms. The smallest absolute Gasteiger partial charge is 0.167 e. The summed E-state index contributed by atoms with van der Waals surface area (Å²) < 4.78 is 1.95. The minimum Gasteiger partial charge on any atom is -0.322 e. The van der Waals surface area contributed by atoms with Crippen molar-refractivity contribution in [3.63, 3.8) is 0 Å². The standard InChI is InChI=1S/C12H23N5/c1-3-4-10-5-7-11(8-6-10)17-12(9(2)13)14-15-16-17/h9-11H,3-8,13H2,1-2H3. The van der Waals surface area contributed by atoms with Gasteiger partial charge in [0.1, 0.15) is 0 Å². The molecule has 0 spiro atoms. The fraction of sp³-hybridized carbons (Fsp3) is 0.917. The number of tetrazole rings is 1. The fourth-order valence-electron chi connectivity index (χ4n) is 2.85. The van der Waals surface area contributed by atoms with E-state index in [1.54, 1.807) is 0 Å². The molecule has 1 saturated carbocycles. The Balaban J connectivity index is 1.98. The van der Waals surface area contributed by atoms with Gasteiger partial charge in [-0.15, -0.1) is 5.10 Å². The molecule has 0 saturated heterocycles. The maximum absolute atomic E-state index is 5.88. The van der Waals surface area contributed by atoms with Crippen LogP contribution in [0.4, 0.5) is 0 Å². The van der Waals surface area contributed by atoms with E-state index in [4.69, 9.17) is 5.73 Å². The van der Waals surface area contributed by atoms with Crippen LogP contribution < -0.4 is 5.73 Å². The second-order valence-electron chi connectivity index (χ2n) is 5.23. The van der Waals surface area contributed by atoms with E-state index in [1.807, 2.05) is 11.6 Å². The summed E-state index contributed by atoms with van der Waals surface area (Å²) in [5.41, 5.74) is 5.88. The van der Waals surface area contributed by atoms with Gasteiger partial charge in [-0.3, -0.25) is 0 Å². The highest BCUT2D eigenvalue weighted by atomic mass is 15.6. The van der Waals surface area contributed by atoms with Crippen molar-refractivity contribution < 1.29 is 0 Å². The van der Waals surface area contributed by atoms with Crippen LogP contribution >= 0.6 is 0 Å². The molecule has 0 aromatic carbocycles. The van der Waals surface area contributed by atoms with Crippen LogP contribution in [0.3, 0.4) is 0 Å². The maximum atomic E-state index is 5.88. The van der Waals surface area contributed by atoms with Gasteiger partial charge in [-0.2, -0.15) is 0 Å². The Morgan fingerprint density at radius 2 is 2.06 bits per heavy atom. The summed E-state index contributed by atoms with van der Waals surface area (Å²) in [6.45, 7) is 4.20. The Morgan fingerprint density at radius 3 is 2.65 bits per heavy atom. The van der Waals surface area contributed by atoms with Gasteiger partial charge in [-0.1, -0.05) is 19.8 Å². The van der Waals surface area contributed by atoms with Gasteiger partial charge in [0.25, 0.3) is 0 Å². The predicted octanol–water partition coefficient (Wildman–Crippen LogP) is 2.22. The lowest BCUT2D eigenvalue weighted by atomic mass is 9.83. The third-order valence-electron chi connectivity index (χ3n) is 3.78. The van der Waals surface area contributed by atoms with E-state index in [9.17, 15) is 0 Å².